The van der Waals surface area contributed by atoms with Gasteiger partial charge in [0.1, 0.15) is 0 Å². The number of hydrazine groups is 1. The summed E-state index contributed by atoms with van der Waals surface area (Å²) in [4.78, 5) is 2.66. The second-order valence-electron chi connectivity index (χ2n) is 3.61. The Morgan fingerprint density at radius 2 is 2.24 bits per heavy atom. The molecule has 0 radical (unpaired) electrons. The Kier molecular flexibility index (Phi) is 5.20. The Balaban J connectivity index is 2.01. The molecule has 0 saturated heterocycles. The molecule has 2 rings (SSSR count). The van der Waals surface area contributed by atoms with Crippen LogP contribution in [0.15, 0.2) is 31.8 Å². The predicted octanol–water partition coefficient (Wildman–Crippen LogP) is 4.47. The molecule has 3 N–H and O–H groups in total. The Morgan fingerprint density at radius 3 is 2.76 bits per heavy atom. The summed E-state index contributed by atoms with van der Waals surface area (Å²) in [6.45, 7) is 0. The van der Waals surface area contributed by atoms with Crippen LogP contribution in [0.4, 0.5) is 0 Å². The van der Waals surface area contributed by atoms with Crippen molar-refractivity contribution in [1.82, 2.24) is 5.43 Å². The number of nitrogens with one attached hydrogen (secondary N) is 1. The Morgan fingerprint density at radius 1 is 1.41 bits per heavy atom. The van der Waals surface area contributed by atoms with Gasteiger partial charge in [0, 0.05) is 14.2 Å². The van der Waals surface area contributed by atoms with Crippen molar-refractivity contribution in [3.05, 3.63) is 41.6 Å². The fourth-order valence-corrected chi connectivity index (χ4v) is 4.49. The molecule has 0 saturated carbocycles. The molecule has 0 aromatic carbocycles. The molecular formula is C11H12Br2N2S2. The van der Waals surface area contributed by atoms with Gasteiger partial charge in [0.25, 0.3) is 0 Å². The van der Waals surface area contributed by atoms with Crippen LogP contribution in [0.5, 0.6) is 0 Å². The molecule has 2 nitrogen and oxygen atoms in total. The van der Waals surface area contributed by atoms with E-state index in [1.807, 2.05) is 0 Å². The largest absolute Gasteiger partial charge is 0.271 e. The zero-order valence-electron chi connectivity index (χ0n) is 8.95. The molecule has 1 unspecified atom stereocenters. The minimum absolute atomic E-state index is 0.213. The van der Waals surface area contributed by atoms with Gasteiger partial charge in [0.05, 0.1) is 9.83 Å². The van der Waals surface area contributed by atoms with Crippen LogP contribution in [0.3, 0.4) is 0 Å². The second kappa shape index (κ2) is 6.45. The second-order valence-corrected chi connectivity index (χ2v) is 7.90. The highest BCUT2D eigenvalue weighted by Gasteiger charge is 2.14. The van der Waals surface area contributed by atoms with Crippen LogP contribution in [0, 0.1) is 0 Å². The van der Waals surface area contributed by atoms with E-state index in [1.165, 1.54) is 9.75 Å². The number of hydrogen-bond acceptors (Lipinski definition) is 4. The van der Waals surface area contributed by atoms with Crippen LogP contribution in [0.2, 0.25) is 0 Å². The van der Waals surface area contributed by atoms with Gasteiger partial charge < -0.3 is 0 Å². The van der Waals surface area contributed by atoms with Crippen LogP contribution in [-0.4, -0.2) is 0 Å². The van der Waals surface area contributed by atoms with E-state index >= 15 is 0 Å². The maximum absolute atomic E-state index is 5.63. The topological polar surface area (TPSA) is 38.0 Å². The highest BCUT2D eigenvalue weighted by molar-refractivity contribution is 9.13. The van der Waals surface area contributed by atoms with Crippen LogP contribution >= 0.6 is 54.5 Å². The van der Waals surface area contributed by atoms with Crippen molar-refractivity contribution in [2.45, 2.75) is 18.9 Å². The summed E-state index contributed by atoms with van der Waals surface area (Å²) >= 11 is 10.5. The van der Waals surface area contributed by atoms with Crippen LogP contribution in [0.25, 0.3) is 0 Å². The number of nitrogens with two attached hydrogens (primary N) is 1. The van der Waals surface area contributed by atoms with E-state index in [9.17, 15) is 0 Å². The molecule has 1 atom stereocenters. The van der Waals surface area contributed by atoms with Gasteiger partial charge in [-0.25, -0.2) is 0 Å². The number of halogens is 2. The quantitative estimate of drug-likeness (QED) is 0.578. The molecule has 0 bridgehead atoms. The molecule has 2 aromatic rings. The van der Waals surface area contributed by atoms with Crippen molar-refractivity contribution in [2.24, 2.45) is 5.84 Å². The van der Waals surface area contributed by atoms with Gasteiger partial charge >= 0.3 is 0 Å². The first-order valence-corrected chi connectivity index (χ1v) is 8.42. The molecular weight excluding hydrogens is 384 g/mol. The lowest BCUT2D eigenvalue weighted by Gasteiger charge is -2.13. The highest BCUT2D eigenvalue weighted by atomic mass is 79.9. The lowest BCUT2D eigenvalue weighted by Crippen LogP contribution is -2.27. The van der Waals surface area contributed by atoms with E-state index < -0.39 is 0 Å². The zero-order chi connectivity index (χ0) is 12.3. The maximum atomic E-state index is 5.63. The molecule has 0 spiro atoms. The molecule has 92 valence electrons. The van der Waals surface area contributed by atoms with E-state index in [-0.39, 0.29) is 6.04 Å². The maximum Gasteiger partial charge on any atom is 0.0843 e. The SMILES string of the molecule is NNC(CCc1cccs1)c1cc(Br)c(Br)s1. The molecule has 2 heterocycles. The average molecular weight is 396 g/mol. The Labute approximate surface area is 125 Å². The third kappa shape index (κ3) is 3.62. The lowest BCUT2D eigenvalue weighted by atomic mass is 10.1. The zero-order valence-corrected chi connectivity index (χ0v) is 13.8. The van der Waals surface area contributed by atoms with Gasteiger partial charge in [-0.1, -0.05) is 6.07 Å². The first-order chi connectivity index (χ1) is 8.20. The summed E-state index contributed by atoms with van der Waals surface area (Å²) in [7, 11) is 0. The summed E-state index contributed by atoms with van der Waals surface area (Å²) in [6, 6.07) is 6.58. The van der Waals surface area contributed by atoms with Crippen molar-refractivity contribution in [3.63, 3.8) is 0 Å². The number of rotatable bonds is 5. The van der Waals surface area contributed by atoms with Crippen LogP contribution in [0.1, 0.15) is 22.2 Å². The highest BCUT2D eigenvalue weighted by Crippen LogP contribution is 2.36. The van der Waals surface area contributed by atoms with Crippen molar-refractivity contribution in [2.75, 3.05) is 0 Å². The molecule has 6 heteroatoms. The van der Waals surface area contributed by atoms with E-state index in [0.29, 0.717) is 0 Å². The molecule has 0 amide bonds. The standard InChI is InChI=1S/C11H12Br2N2S2/c12-8-6-10(17-11(8)13)9(15-14)4-3-7-2-1-5-16-7/h1-2,5-6,9,15H,3-4,14H2. The van der Waals surface area contributed by atoms with Gasteiger partial charge in [0.15, 0.2) is 0 Å². The molecule has 0 aliphatic rings. The predicted molar refractivity (Wildman–Crippen MR) is 82.4 cm³/mol. The molecule has 17 heavy (non-hydrogen) atoms. The van der Waals surface area contributed by atoms with E-state index in [1.54, 1.807) is 22.7 Å². The van der Waals surface area contributed by atoms with Gasteiger partial charge in [-0.15, -0.1) is 22.7 Å². The average Bonchev–Trinajstić information content (AvgIpc) is 2.91. The van der Waals surface area contributed by atoms with Crippen LogP contribution < -0.4 is 11.3 Å². The third-order valence-electron chi connectivity index (χ3n) is 2.47. The smallest absolute Gasteiger partial charge is 0.0843 e. The van der Waals surface area contributed by atoms with Gasteiger partial charge in [-0.05, 0) is 62.2 Å². The molecule has 2 aromatic heterocycles. The van der Waals surface area contributed by atoms with Crippen LogP contribution in [-0.2, 0) is 6.42 Å². The van der Waals surface area contributed by atoms with Crippen molar-refractivity contribution in [1.29, 1.82) is 0 Å². The van der Waals surface area contributed by atoms with E-state index in [2.05, 4.69) is 60.9 Å². The van der Waals surface area contributed by atoms with Crippen molar-refractivity contribution >= 4 is 54.5 Å². The number of aryl methyl sites for hydroxylation is 1. The summed E-state index contributed by atoms with van der Waals surface area (Å²) in [5.74, 6) is 5.63. The summed E-state index contributed by atoms with van der Waals surface area (Å²) in [5, 5.41) is 2.11. The monoisotopic (exact) mass is 394 g/mol. The summed E-state index contributed by atoms with van der Waals surface area (Å²) in [6.07, 6.45) is 2.07. The van der Waals surface area contributed by atoms with Crippen molar-refractivity contribution < 1.29 is 0 Å². The minimum Gasteiger partial charge on any atom is -0.271 e. The van der Waals surface area contributed by atoms with E-state index in [4.69, 9.17) is 5.84 Å². The Bertz CT molecular complexity index is 448. The molecule has 0 fully saturated rings. The lowest BCUT2D eigenvalue weighted by molar-refractivity contribution is 0.526. The third-order valence-corrected chi connectivity index (χ3v) is 6.77. The van der Waals surface area contributed by atoms with Gasteiger partial charge in [-0.3, -0.25) is 11.3 Å². The van der Waals surface area contributed by atoms with Crippen molar-refractivity contribution in [3.8, 4) is 0 Å². The van der Waals surface area contributed by atoms with Gasteiger partial charge in [-0.2, -0.15) is 0 Å². The molecule has 0 aliphatic carbocycles. The van der Waals surface area contributed by atoms with E-state index in [0.717, 1.165) is 21.1 Å². The van der Waals surface area contributed by atoms with Gasteiger partial charge in [0.2, 0.25) is 0 Å². The fourth-order valence-electron chi connectivity index (χ4n) is 1.58. The first kappa shape index (κ1) is 13.7. The normalized spacial score (nSPS) is 12.9. The fraction of sp³-hybridized carbons (Fsp3) is 0.273. The number of thiophene rings is 2. The Hall–Kier alpha value is 0.280. The first-order valence-electron chi connectivity index (χ1n) is 5.14. The summed E-state index contributed by atoms with van der Waals surface area (Å²) < 4.78 is 2.21. The summed E-state index contributed by atoms with van der Waals surface area (Å²) in [5.41, 5.74) is 2.89. The number of hydrogen-bond donors (Lipinski definition) is 2. The minimum atomic E-state index is 0.213. The molecule has 0 aliphatic heterocycles.